The normalized spacial score (nSPS) is 12.7. The molecule has 0 radical (unpaired) electrons. The molecule has 192 valence electrons. The van der Waals surface area contributed by atoms with Crippen LogP contribution in [0.15, 0.2) is 47.5 Å². The van der Waals surface area contributed by atoms with Gasteiger partial charge in [0.2, 0.25) is 17.4 Å². The fourth-order valence-electron chi connectivity index (χ4n) is 3.40. The third-order valence-electron chi connectivity index (χ3n) is 5.16. The molecule has 1 aliphatic rings. The molecule has 37 heavy (non-hydrogen) atoms. The van der Waals surface area contributed by atoms with Gasteiger partial charge in [-0.2, -0.15) is 13.8 Å². The van der Waals surface area contributed by atoms with Gasteiger partial charge in [0, 0.05) is 24.7 Å². The molecule has 5 N–H and O–H groups in total. The van der Waals surface area contributed by atoms with Crippen LogP contribution in [0, 0.1) is 17.0 Å². The van der Waals surface area contributed by atoms with Crippen LogP contribution >= 0.6 is 0 Å². The smallest absolute Gasteiger partial charge is 0.341 e. The molecule has 0 saturated carbocycles. The van der Waals surface area contributed by atoms with Gasteiger partial charge in [0.25, 0.3) is 11.8 Å². The van der Waals surface area contributed by atoms with Crippen molar-refractivity contribution < 1.29 is 38.0 Å². The second-order valence-electron chi connectivity index (χ2n) is 7.82. The van der Waals surface area contributed by atoms with Crippen molar-refractivity contribution in [1.29, 1.82) is 5.41 Å². The Morgan fingerprint density at radius 1 is 1.16 bits per heavy atom. The van der Waals surface area contributed by atoms with E-state index in [-0.39, 0.29) is 22.9 Å². The number of aromatic nitrogens is 1. The number of phenols is 1. The van der Waals surface area contributed by atoms with Crippen LogP contribution in [0.25, 0.3) is 0 Å². The zero-order chi connectivity index (χ0) is 26.7. The number of pyridine rings is 1. The lowest BCUT2D eigenvalue weighted by Gasteiger charge is -2.16. The van der Waals surface area contributed by atoms with Crippen LogP contribution in [0.2, 0.25) is 0 Å². The SMILES string of the molecule is CN1CCN=C1c1cccc(Oc2nc(Oc3cc(C(=N)N)ccc3O)c(F)c(OCC(=O)O)c2F)c1. The number of nitrogens with zero attached hydrogens (tertiary/aromatic N) is 3. The summed E-state index contributed by atoms with van der Waals surface area (Å²) in [5.41, 5.74) is 6.27. The van der Waals surface area contributed by atoms with E-state index >= 15 is 8.78 Å². The first-order valence-corrected chi connectivity index (χ1v) is 10.8. The molecule has 13 heteroatoms. The third kappa shape index (κ3) is 5.50. The number of rotatable bonds is 9. The van der Waals surface area contributed by atoms with E-state index in [2.05, 4.69) is 9.98 Å². The molecular formula is C24H21F2N5O6. The topological polar surface area (TPSA) is 164 Å². The van der Waals surface area contributed by atoms with E-state index in [1.165, 1.54) is 12.1 Å². The number of benzene rings is 2. The number of amidine groups is 2. The van der Waals surface area contributed by atoms with Gasteiger partial charge in [-0.15, -0.1) is 0 Å². The van der Waals surface area contributed by atoms with E-state index in [1.54, 1.807) is 18.2 Å². The fraction of sp³-hybridized carbons (Fsp3) is 0.167. The van der Waals surface area contributed by atoms with Crippen molar-refractivity contribution in [2.45, 2.75) is 0 Å². The van der Waals surface area contributed by atoms with Crippen LogP contribution in [0.3, 0.4) is 0 Å². The summed E-state index contributed by atoms with van der Waals surface area (Å²) in [5, 5.41) is 26.6. The van der Waals surface area contributed by atoms with Gasteiger partial charge in [0.15, 0.2) is 18.1 Å². The number of aromatic hydroxyl groups is 1. The number of phenolic OH excluding ortho intramolecular Hbond substituents is 1. The van der Waals surface area contributed by atoms with Gasteiger partial charge in [-0.1, -0.05) is 12.1 Å². The summed E-state index contributed by atoms with van der Waals surface area (Å²) in [4.78, 5) is 21.0. The lowest BCUT2D eigenvalue weighted by Crippen LogP contribution is -2.23. The monoisotopic (exact) mass is 513 g/mol. The van der Waals surface area contributed by atoms with Gasteiger partial charge >= 0.3 is 5.97 Å². The number of aliphatic carboxylic acids is 1. The zero-order valence-corrected chi connectivity index (χ0v) is 19.4. The molecular weight excluding hydrogens is 492 g/mol. The summed E-state index contributed by atoms with van der Waals surface area (Å²) in [7, 11) is 1.87. The molecule has 0 spiro atoms. The predicted molar refractivity (Wildman–Crippen MR) is 127 cm³/mol. The number of carboxylic acids is 1. The van der Waals surface area contributed by atoms with E-state index in [0.29, 0.717) is 17.9 Å². The van der Waals surface area contributed by atoms with Crippen molar-refractivity contribution in [2.75, 3.05) is 26.7 Å². The lowest BCUT2D eigenvalue weighted by molar-refractivity contribution is -0.139. The summed E-state index contributed by atoms with van der Waals surface area (Å²) in [6.45, 7) is 0.286. The number of likely N-dealkylation sites (N-methyl/N-ethyl adjacent to an activating group) is 1. The number of carboxylic acid groups (broad SMARTS) is 1. The predicted octanol–water partition coefficient (Wildman–Crippen LogP) is 3.09. The van der Waals surface area contributed by atoms with Gasteiger partial charge in [0.05, 0.1) is 6.54 Å². The second kappa shape index (κ2) is 10.4. The summed E-state index contributed by atoms with van der Waals surface area (Å²) >= 11 is 0. The molecule has 2 heterocycles. The Kier molecular flexibility index (Phi) is 7.04. The molecule has 4 rings (SSSR count). The Bertz CT molecular complexity index is 1410. The van der Waals surface area contributed by atoms with Gasteiger partial charge in [-0.25, -0.2) is 4.79 Å². The molecule has 0 bridgehead atoms. The van der Waals surface area contributed by atoms with Crippen LogP contribution < -0.4 is 19.9 Å². The third-order valence-corrected chi connectivity index (χ3v) is 5.16. The standard InChI is InChI=1S/C24H21F2N5O6/c1-31-8-7-29-22(31)13-3-2-4-14(9-13)36-23-18(25)20(35-11-17(33)34)19(26)24(30-23)37-16-10-12(21(27)28)5-6-15(16)32/h2-6,9-10,32H,7-8,11H2,1H3,(H3,27,28)(H,33,34). The number of nitrogens with one attached hydrogen (secondary N) is 1. The highest BCUT2D eigenvalue weighted by Gasteiger charge is 2.27. The summed E-state index contributed by atoms with van der Waals surface area (Å²) < 4.78 is 46.0. The lowest BCUT2D eigenvalue weighted by atomic mass is 10.2. The van der Waals surface area contributed by atoms with E-state index in [9.17, 15) is 9.90 Å². The number of hydrogen-bond donors (Lipinski definition) is 4. The van der Waals surface area contributed by atoms with Crippen molar-refractivity contribution >= 4 is 17.6 Å². The maximum absolute atomic E-state index is 15.2. The molecule has 0 amide bonds. The molecule has 0 aliphatic carbocycles. The van der Waals surface area contributed by atoms with Crippen LogP contribution in [-0.2, 0) is 4.79 Å². The molecule has 3 aromatic rings. The van der Waals surface area contributed by atoms with Crippen molar-refractivity contribution in [3.63, 3.8) is 0 Å². The Hall–Kier alpha value is -4.94. The molecule has 11 nitrogen and oxygen atoms in total. The van der Waals surface area contributed by atoms with Crippen LogP contribution in [0.4, 0.5) is 8.78 Å². The number of ether oxygens (including phenoxy) is 3. The summed E-state index contributed by atoms with van der Waals surface area (Å²) in [6.07, 6.45) is 0. The molecule has 0 fully saturated rings. The average molecular weight is 513 g/mol. The van der Waals surface area contributed by atoms with Gasteiger partial charge < -0.3 is 35.1 Å². The maximum atomic E-state index is 15.2. The fourth-order valence-corrected chi connectivity index (χ4v) is 3.40. The number of carbonyl (C=O) groups is 1. The van der Waals surface area contributed by atoms with Crippen molar-refractivity contribution in [3.8, 4) is 34.8 Å². The molecule has 1 aliphatic heterocycles. The molecule has 0 unspecified atom stereocenters. The number of aliphatic imine (C=N–C) groups is 1. The van der Waals surface area contributed by atoms with E-state index in [0.717, 1.165) is 18.7 Å². The molecule has 1 aromatic heterocycles. The average Bonchev–Trinajstić information content (AvgIpc) is 3.29. The van der Waals surface area contributed by atoms with E-state index in [1.807, 2.05) is 11.9 Å². The Morgan fingerprint density at radius 3 is 2.54 bits per heavy atom. The van der Waals surface area contributed by atoms with Gasteiger partial charge in [-0.05, 0) is 30.3 Å². The minimum Gasteiger partial charge on any atom is -0.504 e. The first-order valence-electron chi connectivity index (χ1n) is 10.8. The number of nitrogen functional groups attached to an aromatic ring is 1. The van der Waals surface area contributed by atoms with Crippen molar-refractivity contribution in [1.82, 2.24) is 9.88 Å². The van der Waals surface area contributed by atoms with Gasteiger partial charge in [0.1, 0.15) is 17.4 Å². The largest absolute Gasteiger partial charge is 0.504 e. The van der Waals surface area contributed by atoms with Crippen LogP contribution in [0.5, 0.6) is 34.8 Å². The van der Waals surface area contributed by atoms with E-state index < -0.39 is 47.5 Å². The maximum Gasteiger partial charge on any atom is 0.341 e. The van der Waals surface area contributed by atoms with Crippen LogP contribution in [0.1, 0.15) is 11.1 Å². The van der Waals surface area contributed by atoms with E-state index in [4.69, 9.17) is 30.5 Å². The minimum absolute atomic E-state index is 0.120. The molecule has 2 aromatic carbocycles. The zero-order valence-electron chi connectivity index (χ0n) is 19.4. The Balaban J connectivity index is 1.74. The summed E-state index contributed by atoms with van der Waals surface area (Å²) in [5.74, 6) is -7.50. The first-order chi connectivity index (χ1) is 17.6. The second-order valence-corrected chi connectivity index (χ2v) is 7.82. The Morgan fingerprint density at radius 2 is 1.89 bits per heavy atom. The van der Waals surface area contributed by atoms with Crippen molar-refractivity contribution in [3.05, 3.63) is 65.2 Å². The summed E-state index contributed by atoms with van der Waals surface area (Å²) in [6, 6.07) is 10.1. The quantitative estimate of drug-likeness (QED) is 0.249. The number of nitrogens with two attached hydrogens (primary N) is 1. The number of hydrogen-bond acceptors (Lipinski definition) is 9. The van der Waals surface area contributed by atoms with Crippen molar-refractivity contribution in [2.24, 2.45) is 10.7 Å². The first kappa shape index (κ1) is 25.2. The minimum atomic E-state index is -1.48. The molecule has 0 atom stereocenters. The molecule has 0 saturated heterocycles. The Labute approximate surface area is 208 Å². The highest BCUT2D eigenvalue weighted by molar-refractivity contribution is 6.00. The highest BCUT2D eigenvalue weighted by atomic mass is 19.1. The van der Waals surface area contributed by atoms with Crippen LogP contribution in [-0.4, -0.2) is 64.5 Å². The number of halogens is 2. The highest BCUT2D eigenvalue weighted by Crippen LogP contribution is 2.39. The van der Waals surface area contributed by atoms with Gasteiger partial charge in [-0.3, -0.25) is 10.4 Å².